The molecule has 0 spiro atoms. The van der Waals surface area contributed by atoms with E-state index in [9.17, 15) is 13.2 Å². The molecule has 1 aliphatic rings. The highest BCUT2D eigenvalue weighted by Gasteiger charge is 2.28. The first-order chi connectivity index (χ1) is 15.4. The van der Waals surface area contributed by atoms with Crippen molar-refractivity contribution in [2.45, 2.75) is 31.8 Å². The average molecular weight is 457 g/mol. The number of hydrogen-bond donors (Lipinski definition) is 2. The van der Waals surface area contributed by atoms with Crippen LogP contribution in [0.1, 0.15) is 40.9 Å². The number of benzene rings is 1. The standard InChI is InChI=1S/C21H24N6O4S/c22-32(29,30)31-13-16-6-7-17(10-16)25-21-18(11-23-14-24-21)20(28)19-8-9-27(26-19)12-15-4-2-1-3-5-15/h1-5,8-9,11,14,16-17H,6-7,10,12-13H2,(H2,22,29,30)(H,23,24,25). The molecule has 0 saturated heterocycles. The molecule has 1 aromatic carbocycles. The van der Waals surface area contributed by atoms with Crippen molar-refractivity contribution in [2.24, 2.45) is 11.1 Å². The van der Waals surface area contributed by atoms with Crippen LogP contribution in [0, 0.1) is 5.92 Å². The van der Waals surface area contributed by atoms with Gasteiger partial charge in [-0.15, -0.1) is 0 Å². The zero-order chi connectivity index (χ0) is 22.6. The van der Waals surface area contributed by atoms with E-state index in [1.165, 1.54) is 12.5 Å². The Kier molecular flexibility index (Phi) is 6.58. The van der Waals surface area contributed by atoms with Crippen LogP contribution in [0.25, 0.3) is 0 Å². The first-order valence-corrected chi connectivity index (χ1v) is 11.7. The minimum Gasteiger partial charge on any atom is -0.367 e. The minimum absolute atomic E-state index is 0.0289. The molecule has 0 aliphatic heterocycles. The van der Waals surface area contributed by atoms with Crippen LogP contribution in [-0.4, -0.2) is 46.6 Å². The molecule has 1 fully saturated rings. The number of carbonyl (C=O) groups is 1. The predicted molar refractivity (Wildman–Crippen MR) is 117 cm³/mol. The van der Waals surface area contributed by atoms with Crippen LogP contribution >= 0.6 is 0 Å². The lowest BCUT2D eigenvalue weighted by atomic mass is 10.1. The number of anilines is 1. The summed E-state index contributed by atoms with van der Waals surface area (Å²) in [6, 6.07) is 11.6. The summed E-state index contributed by atoms with van der Waals surface area (Å²) >= 11 is 0. The molecule has 1 aliphatic carbocycles. The lowest BCUT2D eigenvalue weighted by Gasteiger charge is -2.15. The molecular formula is C21H24N6O4S. The van der Waals surface area contributed by atoms with Crippen LogP contribution < -0.4 is 10.5 Å². The third-order valence-corrected chi connectivity index (χ3v) is 5.83. The number of rotatable bonds is 9. The van der Waals surface area contributed by atoms with Gasteiger partial charge < -0.3 is 5.32 Å². The van der Waals surface area contributed by atoms with E-state index in [1.807, 2.05) is 30.3 Å². The quantitative estimate of drug-likeness (QED) is 0.464. The molecule has 11 heteroatoms. The summed E-state index contributed by atoms with van der Waals surface area (Å²) in [6.45, 7) is 0.611. The normalized spacial score (nSPS) is 18.5. The molecule has 4 rings (SSSR count). The lowest BCUT2D eigenvalue weighted by Crippen LogP contribution is -2.22. The number of carbonyl (C=O) groups excluding carboxylic acids is 1. The highest BCUT2D eigenvalue weighted by Crippen LogP contribution is 2.29. The largest absolute Gasteiger partial charge is 0.367 e. The molecule has 0 radical (unpaired) electrons. The molecule has 0 amide bonds. The second-order valence-corrected chi connectivity index (χ2v) is 9.02. The Morgan fingerprint density at radius 1 is 1.22 bits per heavy atom. The van der Waals surface area contributed by atoms with Crippen molar-refractivity contribution >= 4 is 21.9 Å². The Morgan fingerprint density at radius 2 is 2.03 bits per heavy atom. The van der Waals surface area contributed by atoms with E-state index in [0.29, 0.717) is 30.0 Å². The van der Waals surface area contributed by atoms with E-state index in [-0.39, 0.29) is 24.3 Å². The zero-order valence-electron chi connectivity index (χ0n) is 17.3. The Bertz CT molecular complexity index is 1180. The summed E-state index contributed by atoms with van der Waals surface area (Å²) in [4.78, 5) is 21.3. The van der Waals surface area contributed by atoms with E-state index >= 15 is 0 Å². The topological polar surface area (TPSA) is 142 Å². The number of nitrogens with one attached hydrogen (secondary N) is 1. The fourth-order valence-corrected chi connectivity index (χ4v) is 4.21. The Balaban J connectivity index is 1.42. The number of aromatic nitrogens is 4. The van der Waals surface area contributed by atoms with Gasteiger partial charge >= 0.3 is 10.3 Å². The molecular weight excluding hydrogens is 432 g/mol. The predicted octanol–water partition coefficient (Wildman–Crippen LogP) is 1.75. The van der Waals surface area contributed by atoms with Gasteiger partial charge in [-0.25, -0.2) is 15.1 Å². The zero-order valence-corrected chi connectivity index (χ0v) is 18.1. The summed E-state index contributed by atoms with van der Waals surface area (Å²) < 4.78 is 28.4. The number of nitrogens with zero attached hydrogens (tertiary/aromatic N) is 4. The van der Waals surface area contributed by atoms with Gasteiger partial charge in [0.2, 0.25) is 5.78 Å². The van der Waals surface area contributed by atoms with Crippen molar-refractivity contribution in [2.75, 3.05) is 11.9 Å². The smallest absolute Gasteiger partial charge is 0.333 e. The van der Waals surface area contributed by atoms with Gasteiger partial charge in [-0.05, 0) is 36.8 Å². The second-order valence-electron chi connectivity index (χ2n) is 7.80. The van der Waals surface area contributed by atoms with E-state index in [1.54, 1.807) is 16.9 Å². The summed E-state index contributed by atoms with van der Waals surface area (Å²) in [5.74, 6) is 0.216. The SMILES string of the molecule is NS(=O)(=O)OCC1CCC(Nc2ncncc2C(=O)c2ccn(Cc3ccccc3)n2)C1. The number of ketones is 1. The molecule has 3 aromatic rings. The van der Waals surface area contributed by atoms with E-state index in [0.717, 1.165) is 18.4 Å². The molecule has 1 saturated carbocycles. The molecule has 2 aromatic heterocycles. The van der Waals surface area contributed by atoms with Gasteiger partial charge in [0.25, 0.3) is 0 Å². The third kappa shape index (κ3) is 5.75. The van der Waals surface area contributed by atoms with Gasteiger partial charge in [-0.2, -0.15) is 13.5 Å². The maximum atomic E-state index is 13.1. The first kappa shape index (κ1) is 22.1. The van der Waals surface area contributed by atoms with Crippen molar-refractivity contribution in [1.82, 2.24) is 19.7 Å². The molecule has 10 nitrogen and oxygen atoms in total. The Labute approximate surface area is 186 Å². The lowest BCUT2D eigenvalue weighted by molar-refractivity contribution is 0.103. The molecule has 2 unspecified atom stereocenters. The number of hydrogen-bond acceptors (Lipinski definition) is 8. The van der Waals surface area contributed by atoms with Crippen molar-refractivity contribution in [3.05, 3.63) is 71.9 Å². The molecule has 2 heterocycles. The minimum atomic E-state index is -3.95. The Hall–Kier alpha value is -3.15. The van der Waals surface area contributed by atoms with Crippen LogP contribution in [0.5, 0.6) is 0 Å². The summed E-state index contributed by atoms with van der Waals surface area (Å²) in [6.07, 6.45) is 6.88. The highest BCUT2D eigenvalue weighted by molar-refractivity contribution is 7.84. The van der Waals surface area contributed by atoms with Crippen molar-refractivity contribution < 1.29 is 17.4 Å². The van der Waals surface area contributed by atoms with Gasteiger partial charge in [-0.3, -0.25) is 13.7 Å². The summed E-state index contributed by atoms with van der Waals surface area (Å²) in [7, 11) is -3.95. The highest BCUT2D eigenvalue weighted by atomic mass is 32.2. The van der Waals surface area contributed by atoms with Crippen LogP contribution in [0.15, 0.2) is 55.1 Å². The van der Waals surface area contributed by atoms with Gasteiger partial charge in [0.15, 0.2) is 0 Å². The van der Waals surface area contributed by atoms with Gasteiger partial charge in [-0.1, -0.05) is 30.3 Å². The fraction of sp³-hybridized carbons (Fsp3) is 0.333. The van der Waals surface area contributed by atoms with E-state index < -0.39 is 10.3 Å². The molecule has 2 atom stereocenters. The first-order valence-electron chi connectivity index (χ1n) is 10.2. The van der Waals surface area contributed by atoms with Gasteiger partial charge in [0, 0.05) is 18.4 Å². The van der Waals surface area contributed by atoms with Crippen LogP contribution in [0.4, 0.5) is 5.82 Å². The molecule has 32 heavy (non-hydrogen) atoms. The fourth-order valence-electron chi connectivity index (χ4n) is 3.83. The summed E-state index contributed by atoms with van der Waals surface area (Å²) in [5.41, 5.74) is 1.73. The maximum absolute atomic E-state index is 13.1. The van der Waals surface area contributed by atoms with E-state index in [4.69, 9.17) is 9.32 Å². The molecule has 3 N–H and O–H groups in total. The maximum Gasteiger partial charge on any atom is 0.333 e. The van der Waals surface area contributed by atoms with Crippen molar-refractivity contribution in [3.63, 3.8) is 0 Å². The van der Waals surface area contributed by atoms with Gasteiger partial charge in [0.05, 0.1) is 18.7 Å². The monoisotopic (exact) mass is 456 g/mol. The van der Waals surface area contributed by atoms with E-state index in [2.05, 4.69) is 20.4 Å². The van der Waals surface area contributed by atoms with Crippen LogP contribution in [-0.2, 0) is 21.0 Å². The summed E-state index contributed by atoms with van der Waals surface area (Å²) in [5, 5.41) is 12.6. The number of nitrogens with two attached hydrogens (primary N) is 1. The van der Waals surface area contributed by atoms with Crippen LogP contribution in [0.3, 0.4) is 0 Å². The molecule has 168 valence electrons. The second kappa shape index (κ2) is 9.55. The van der Waals surface area contributed by atoms with Gasteiger partial charge in [0.1, 0.15) is 17.8 Å². The third-order valence-electron chi connectivity index (χ3n) is 5.37. The van der Waals surface area contributed by atoms with Crippen molar-refractivity contribution in [3.8, 4) is 0 Å². The average Bonchev–Trinajstić information content (AvgIpc) is 3.42. The Morgan fingerprint density at radius 3 is 2.81 bits per heavy atom. The van der Waals surface area contributed by atoms with Crippen LogP contribution in [0.2, 0.25) is 0 Å². The molecule has 0 bridgehead atoms. The van der Waals surface area contributed by atoms with Crippen molar-refractivity contribution in [1.29, 1.82) is 0 Å².